The highest BCUT2D eigenvalue weighted by Gasteiger charge is 2.18. The number of amides is 2. The lowest BCUT2D eigenvalue weighted by molar-refractivity contribution is -0.119. The van der Waals surface area contributed by atoms with Gasteiger partial charge in [0.15, 0.2) is 8.68 Å². The molecule has 8 nitrogen and oxygen atoms in total. The van der Waals surface area contributed by atoms with Crippen molar-refractivity contribution in [1.82, 2.24) is 15.5 Å². The maximum Gasteiger partial charge on any atom is 0.231 e. The first-order valence-electron chi connectivity index (χ1n) is 9.43. The summed E-state index contributed by atoms with van der Waals surface area (Å²) in [5, 5.41) is 11.1. The van der Waals surface area contributed by atoms with E-state index < -0.39 is 5.91 Å². The molecule has 0 atom stereocenters. The van der Waals surface area contributed by atoms with Gasteiger partial charge in [0.25, 0.3) is 0 Å². The maximum atomic E-state index is 12.8. The summed E-state index contributed by atoms with van der Waals surface area (Å²) in [6, 6.07) is 14.8. The Morgan fingerprint density at radius 1 is 0.906 bits per heavy atom. The van der Waals surface area contributed by atoms with Gasteiger partial charge in [0.05, 0.1) is 31.8 Å². The van der Waals surface area contributed by atoms with E-state index in [-0.39, 0.29) is 23.5 Å². The van der Waals surface area contributed by atoms with Crippen LogP contribution in [0, 0.1) is 0 Å². The van der Waals surface area contributed by atoms with Crippen molar-refractivity contribution in [2.24, 2.45) is 5.73 Å². The van der Waals surface area contributed by atoms with Crippen LogP contribution in [0.4, 0.5) is 0 Å². The summed E-state index contributed by atoms with van der Waals surface area (Å²) in [6.07, 6.45) is 0. The molecule has 1 aromatic heterocycles. The van der Waals surface area contributed by atoms with Crippen molar-refractivity contribution in [2.45, 2.75) is 14.7 Å². The number of nitrogens with one attached hydrogen (secondary N) is 1. The number of methoxy groups -OCH3 is 2. The minimum Gasteiger partial charge on any atom is -0.497 e. The third-order valence-electron chi connectivity index (χ3n) is 4.26. The Labute approximate surface area is 198 Å². The van der Waals surface area contributed by atoms with E-state index in [1.54, 1.807) is 14.2 Å². The van der Waals surface area contributed by atoms with E-state index in [9.17, 15) is 9.59 Å². The molecule has 32 heavy (non-hydrogen) atoms. The number of carbonyl (C=O) groups excluding carboxylic acids is 2. The average molecular weight is 491 g/mol. The van der Waals surface area contributed by atoms with Crippen LogP contribution in [-0.4, -0.2) is 47.7 Å². The van der Waals surface area contributed by atoms with E-state index in [1.165, 1.54) is 34.9 Å². The van der Waals surface area contributed by atoms with Crippen LogP contribution in [0.25, 0.3) is 0 Å². The van der Waals surface area contributed by atoms with Gasteiger partial charge in [-0.15, -0.1) is 10.2 Å². The van der Waals surface area contributed by atoms with Gasteiger partial charge in [-0.1, -0.05) is 59.1 Å². The molecule has 0 fully saturated rings. The van der Waals surface area contributed by atoms with Gasteiger partial charge in [-0.3, -0.25) is 9.59 Å². The van der Waals surface area contributed by atoms with Crippen molar-refractivity contribution in [3.63, 3.8) is 0 Å². The van der Waals surface area contributed by atoms with E-state index in [1.807, 2.05) is 48.5 Å². The molecule has 0 bridgehead atoms. The van der Waals surface area contributed by atoms with Crippen molar-refractivity contribution in [2.75, 3.05) is 25.7 Å². The number of carbonyl (C=O) groups is 2. The van der Waals surface area contributed by atoms with Gasteiger partial charge in [-0.05, 0) is 35.4 Å². The normalized spacial score (nSPS) is 10.7. The minimum atomic E-state index is -0.415. The average Bonchev–Trinajstić information content (AvgIpc) is 3.28. The molecule has 0 radical (unpaired) electrons. The Hall–Kier alpha value is -2.76. The second-order valence-electron chi connectivity index (χ2n) is 6.42. The molecule has 0 saturated heterocycles. The van der Waals surface area contributed by atoms with Gasteiger partial charge >= 0.3 is 0 Å². The van der Waals surface area contributed by atoms with Gasteiger partial charge in [0.1, 0.15) is 11.5 Å². The number of ether oxygens (including phenoxy) is 2. The first kappa shape index (κ1) is 23.9. The van der Waals surface area contributed by atoms with E-state index >= 15 is 0 Å². The standard InChI is InChI=1S/C21H22N4O4S3/c1-28-15-7-3-13(4-8-15)19(14-5-9-16(29-2)10-6-14)23-18(27)12-31-21-25-24-20(32-21)30-11-17(22)26/h3-10,19H,11-12H2,1-2H3,(H2,22,26)(H,23,27). The highest BCUT2D eigenvalue weighted by atomic mass is 32.2. The van der Waals surface area contributed by atoms with Crippen LogP contribution in [0.2, 0.25) is 0 Å². The Morgan fingerprint density at radius 3 is 1.81 bits per heavy atom. The summed E-state index contributed by atoms with van der Waals surface area (Å²) in [5.74, 6) is 1.24. The molecule has 0 unspecified atom stereocenters. The number of hydrogen-bond acceptors (Lipinski definition) is 9. The van der Waals surface area contributed by atoms with E-state index in [0.29, 0.717) is 8.68 Å². The largest absolute Gasteiger partial charge is 0.497 e. The first-order valence-corrected chi connectivity index (χ1v) is 12.2. The van der Waals surface area contributed by atoms with Crippen molar-refractivity contribution in [1.29, 1.82) is 0 Å². The van der Waals surface area contributed by atoms with Crippen LogP contribution in [0.3, 0.4) is 0 Å². The quantitative estimate of drug-likeness (QED) is 0.394. The lowest BCUT2D eigenvalue weighted by atomic mass is 9.98. The summed E-state index contributed by atoms with van der Waals surface area (Å²) >= 11 is 3.85. The van der Waals surface area contributed by atoms with Crippen LogP contribution in [0.1, 0.15) is 17.2 Å². The predicted octanol–water partition coefficient (Wildman–Crippen LogP) is 3.13. The number of nitrogens with zero attached hydrogens (tertiary/aromatic N) is 2. The third-order valence-corrected chi connectivity index (χ3v) is 7.47. The molecule has 3 rings (SSSR count). The van der Waals surface area contributed by atoms with Crippen LogP contribution in [-0.2, 0) is 9.59 Å². The summed E-state index contributed by atoms with van der Waals surface area (Å²) < 4.78 is 11.8. The topological polar surface area (TPSA) is 116 Å². The van der Waals surface area contributed by atoms with Crippen molar-refractivity contribution < 1.29 is 19.1 Å². The van der Waals surface area contributed by atoms with E-state index in [2.05, 4.69) is 15.5 Å². The molecule has 2 amide bonds. The van der Waals surface area contributed by atoms with Crippen molar-refractivity contribution >= 4 is 46.7 Å². The molecule has 1 heterocycles. The highest BCUT2D eigenvalue weighted by Crippen LogP contribution is 2.29. The molecular formula is C21H22N4O4S3. The van der Waals surface area contributed by atoms with Gasteiger partial charge in [-0.25, -0.2) is 0 Å². The molecule has 0 aliphatic heterocycles. The van der Waals surface area contributed by atoms with Gasteiger partial charge in [0.2, 0.25) is 11.8 Å². The fourth-order valence-electron chi connectivity index (χ4n) is 2.73. The van der Waals surface area contributed by atoms with E-state index in [0.717, 1.165) is 22.6 Å². The molecule has 168 valence electrons. The number of nitrogens with two attached hydrogens (primary N) is 1. The highest BCUT2D eigenvalue weighted by molar-refractivity contribution is 8.03. The smallest absolute Gasteiger partial charge is 0.231 e. The summed E-state index contributed by atoms with van der Waals surface area (Å²) in [5.41, 5.74) is 7.00. The molecular weight excluding hydrogens is 468 g/mol. The number of rotatable bonds is 11. The van der Waals surface area contributed by atoms with Crippen LogP contribution < -0.4 is 20.5 Å². The van der Waals surface area contributed by atoms with Gasteiger partial charge in [-0.2, -0.15) is 0 Å². The van der Waals surface area contributed by atoms with Crippen LogP contribution in [0.5, 0.6) is 11.5 Å². The van der Waals surface area contributed by atoms with Crippen molar-refractivity contribution in [3.8, 4) is 11.5 Å². The van der Waals surface area contributed by atoms with Crippen LogP contribution in [0.15, 0.2) is 57.2 Å². The zero-order valence-electron chi connectivity index (χ0n) is 17.4. The molecule has 0 spiro atoms. The lowest BCUT2D eigenvalue weighted by Crippen LogP contribution is -2.30. The Morgan fingerprint density at radius 2 is 1.38 bits per heavy atom. The second-order valence-corrected chi connectivity index (χ2v) is 9.85. The van der Waals surface area contributed by atoms with Gasteiger partial charge in [0, 0.05) is 0 Å². The molecule has 0 saturated carbocycles. The first-order chi connectivity index (χ1) is 15.5. The number of aromatic nitrogens is 2. The zero-order valence-corrected chi connectivity index (χ0v) is 19.9. The fourth-order valence-corrected chi connectivity index (χ4v) is 5.30. The SMILES string of the molecule is COc1ccc(C(NC(=O)CSc2nnc(SCC(N)=O)s2)c2ccc(OC)cc2)cc1. The number of thioether (sulfide) groups is 2. The summed E-state index contributed by atoms with van der Waals surface area (Å²) in [6.45, 7) is 0. The Bertz CT molecular complexity index is 994. The summed E-state index contributed by atoms with van der Waals surface area (Å²) in [7, 11) is 3.22. The monoisotopic (exact) mass is 490 g/mol. The Kier molecular flexibility index (Phi) is 8.77. The second kappa shape index (κ2) is 11.7. The minimum absolute atomic E-state index is 0.144. The van der Waals surface area contributed by atoms with Crippen LogP contribution >= 0.6 is 34.9 Å². The molecule has 2 aromatic carbocycles. The lowest BCUT2D eigenvalue weighted by Gasteiger charge is -2.20. The fraction of sp³-hybridized carbons (Fsp3) is 0.238. The molecule has 3 N–H and O–H groups in total. The Balaban J connectivity index is 1.68. The number of hydrogen-bond donors (Lipinski definition) is 2. The third kappa shape index (κ3) is 6.87. The van der Waals surface area contributed by atoms with E-state index in [4.69, 9.17) is 15.2 Å². The predicted molar refractivity (Wildman–Crippen MR) is 127 cm³/mol. The number of primary amides is 1. The zero-order chi connectivity index (χ0) is 22.9. The molecule has 11 heteroatoms. The maximum absolute atomic E-state index is 12.8. The van der Waals surface area contributed by atoms with Crippen molar-refractivity contribution in [3.05, 3.63) is 59.7 Å². The molecule has 0 aliphatic carbocycles. The number of benzene rings is 2. The van der Waals surface area contributed by atoms with Gasteiger partial charge < -0.3 is 20.5 Å². The molecule has 3 aromatic rings. The summed E-state index contributed by atoms with van der Waals surface area (Å²) in [4.78, 5) is 23.6. The molecule has 0 aliphatic rings.